The Morgan fingerprint density at radius 2 is 0.979 bits per heavy atom. The number of rotatable bonds is 4. The van der Waals surface area contributed by atoms with Crippen LogP contribution in [0.15, 0.2) is 173 Å². The molecule has 47 heavy (non-hydrogen) atoms. The zero-order valence-electron chi connectivity index (χ0n) is 25.4. The predicted octanol–water partition coefficient (Wildman–Crippen LogP) is 12.4. The standard InChI is InChI=1S/C44H27NO2/c1-3-12-28(13-4-1)29-24-25-40-38(27-29)35-21-10-19-33(42(35)46-40)30-14-9-15-31(26-30)34-20-11-22-37-41-44(47-43(34)37)36-18-7-8-23-39(36)45(41)32-16-5-2-6-17-32/h1-27H. The number of aromatic nitrogens is 1. The largest absolute Gasteiger partial charge is 0.455 e. The molecule has 220 valence electrons. The van der Waals surface area contributed by atoms with E-state index in [1.807, 2.05) is 6.07 Å². The van der Waals surface area contributed by atoms with Gasteiger partial charge in [0.05, 0.1) is 5.52 Å². The highest BCUT2D eigenvalue weighted by atomic mass is 16.3. The molecule has 0 spiro atoms. The SMILES string of the molecule is c1ccc(-c2ccc3oc4c(-c5cccc(-c6cccc7c6oc6c8ccccc8n(-c8ccccc8)c76)c5)cccc4c3c2)cc1. The first-order valence-corrected chi connectivity index (χ1v) is 15.9. The smallest absolute Gasteiger partial charge is 0.161 e. The Hall–Kier alpha value is -6.32. The van der Waals surface area contributed by atoms with E-state index in [0.717, 1.165) is 82.9 Å². The van der Waals surface area contributed by atoms with Gasteiger partial charge in [0.15, 0.2) is 5.58 Å². The van der Waals surface area contributed by atoms with Crippen LogP contribution in [0, 0.1) is 0 Å². The summed E-state index contributed by atoms with van der Waals surface area (Å²) in [5.74, 6) is 0. The second-order valence-corrected chi connectivity index (χ2v) is 12.1. The zero-order valence-corrected chi connectivity index (χ0v) is 25.4. The number of furan rings is 2. The minimum atomic E-state index is 0.889. The Balaban J connectivity index is 1.15. The number of nitrogens with zero attached hydrogens (tertiary/aromatic N) is 1. The van der Waals surface area contributed by atoms with Crippen LogP contribution < -0.4 is 0 Å². The maximum absolute atomic E-state index is 6.82. The molecule has 0 bridgehead atoms. The van der Waals surface area contributed by atoms with E-state index in [2.05, 4.69) is 162 Å². The first kappa shape index (κ1) is 26.0. The molecule has 0 aliphatic carbocycles. The third-order valence-electron chi connectivity index (χ3n) is 9.41. The second kappa shape index (κ2) is 10.1. The highest BCUT2D eigenvalue weighted by Crippen LogP contribution is 2.43. The summed E-state index contributed by atoms with van der Waals surface area (Å²) in [6.07, 6.45) is 0. The first-order chi connectivity index (χ1) is 23.3. The second-order valence-electron chi connectivity index (χ2n) is 12.1. The molecule has 0 saturated heterocycles. The summed E-state index contributed by atoms with van der Waals surface area (Å²) >= 11 is 0. The molecule has 3 heteroatoms. The van der Waals surface area contributed by atoms with Gasteiger partial charge in [0.25, 0.3) is 0 Å². The van der Waals surface area contributed by atoms with E-state index in [4.69, 9.17) is 8.83 Å². The molecule has 0 aliphatic rings. The lowest BCUT2D eigenvalue weighted by atomic mass is 9.96. The number of benzene rings is 7. The van der Waals surface area contributed by atoms with E-state index in [1.165, 1.54) is 11.1 Å². The Morgan fingerprint density at radius 3 is 1.77 bits per heavy atom. The van der Waals surface area contributed by atoms with Crippen molar-refractivity contribution < 1.29 is 8.83 Å². The van der Waals surface area contributed by atoms with Crippen LogP contribution in [0.5, 0.6) is 0 Å². The van der Waals surface area contributed by atoms with Gasteiger partial charge in [0.2, 0.25) is 0 Å². The Bertz CT molecular complexity index is 2780. The van der Waals surface area contributed by atoms with Crippen molar-refractivity contribution in [3.63, 3.8) is 0 Å². The van der Waals surface area contributed by atoms with E-state index in [1.54, 1.807) is 0 Å². The lowest BCUT2D eigenvalue weighted by Gasteiger charge is -2.09. The van der Waals surface area contributed by atoms with Gasteiger partial charge in [-0.15, -0.1) is 0 Å². The molecule has 0 saturated carbocycles. The molecule has 0 fully saturated rings. The van der Waals surface area contributed by atoms with Gasteiger partial charge in [0, 0.05) is 38.4 Å². The molecule has 0 aliphatic heterocycles. The van der Waals surface area contributed by atoms with Crippen LogP contribution >= 0.6 is 0 Å². The molecule has 10 aromatic rings. The van der Waals surface area contributed by atoms with Gasteiger partial charge >= 0.3 is 0 Å². The highest BCUT2D eigenvalue weighted by Gasteiger charge is 2.21. The summed E-state index contributed by atoms with van der Waals surface area (Å²) in [5.41, 5.74) is 13.6. The maximum Gasteiger partial charge on any atom is 0.161 e. The maximum atomic E-state index is 6.82. The number of fused-ring (bicyclic) bond motifs is 8. The van der Waals surface area contributed by atoms with E-state index in [0.29, 0.717) is 0 Å². The average Bonchev–Trinajstić information content (AvgIpc) is 3.81. The minimum Gasteiger partial charge on any atom is -0.455 e. The van der Waals surface area contributed by atoms with Crippen molar-refractivity contribution in [3.8, 4) is 39.1 Å². The predicted molar refractivity (Wildman–Crippen MR) is 194 cm³/mol. The molecular weight excluding hydrogens is 574 g/mol. The van der Waals surface area contributed by atoms with Gasteiger partial charge < -0.3 is 13.4 Å². The highest BCUT2D eigenvalue weighted by molar-refractivity contribution is 6.18. The summed E-state index contributed by atoms with van der Waals surface area (Å²) in [6, 6.07) is 57.6. The van der Waals surface area contributed by atoms with Gasteiger partial charge in [-0.1, -0.05) is 115 Å². The van der Waals surface area contributed by atoms with Crippen molar-refractivity contribution in [2.24, 2.45) is 0 Å². The van der Waals surface area contributed by atoms with Gasteiger partial charge in [0.1, 0.15) is 22.3 Å². The Kier molecular flexibility index (Phi) is 5.57. The summed E-state index contributed by atoms with van der Waals surface area (Å²) in [6.45, 7) is 0. The van der Waals surface area contributed by atoms with E-state index < -0.39 is 0 Å². The third-order valence-corrected chi connectivity index (χ3v) is 9.41. The van der Waals surface area contributed by atoms with E-state index in [-0.39, 0.29) is 0 Å². The molecule has 0 radical (unpaired) electrons. The van der Waals surface area contributed by atoms with Crippen LogP contribution in [0.1, 0.15) is 0 Å². The van der Waals surface area contributed by atoms with Crippen LogP contribution in [-0.2, 0) is 0 Å². The Morgan fingerprint density at radius 1 is 0.362 bits per heavy atom. The number of para-hydroxylation sites is 4. The van der Waals surface area contributed by atoms with Crippen LogP contribution in [0.3, 0.4) is 0 Å². The molecular formula is C44H27NO2. The molecule has 10 rings (SSSR count). The average molecular weight is 602 g/mol. The lowest BCUT2D eigenvalue weighted by Crippen LogP contribution is -1.92. The zero-order chi connectivity index (χ0) is 30.9. The van der Waals surface area contributed by atoms with Crippen molar-refractivity contribution in [2.45, 2.75) is 0 Å². The van der Waals surface area contributed by atoms with Crippen molar-refractivity contribution in [2.75, 3.05) is 0 Å². The molecule has 0 N–H and O–H groups in total. The monoisotopic (exact) mass is 601 g/mol. The molecule has 3 aromatic heterocycles. The number of hydrogen-bond donors (Lipinski definition) is 0. The fourth-order valence-corrected chi connectivity index (χ4v) is 7.25. The topological polar surface area (TPSA) is 31.2 Å². The van der Waals surface area contributed by atoms with Crippen LogP contribution in [-0.4, -0.2) is 4.57 Å². The van der Waals surface area contributed by atoms with Crippen LogP contribution in [0.4, 0.5) is 0 Å². The van der Waals surface area contributed by atoms with Crippen LogP contribution in [0.25, 0.3) is 94.0 Å². The quantitative estimate of drug-likeness (QED) is 0.201. The van der Waals surface area contributed by atoms with Gasteiger partial charge in [-0.05, 0) is 70.8 Å². The molecule has 0 amide bonds. The minimum absolute atomic E-state index is 0.889. The van der Waals surface area contributed by atoms with Gasteiger partial charge in [-0.3, -0.25) is 0 Å². The van der Waals surface area contributed by atoms with E-state index >= 15 is 0 Å². The summed E-state index contributed by atoms with van der Waals surface area (Å²) in [4.78, 5) is 0. The Labute approximate surface area is 270 Å². The normalized spacial score (nSPS) is 11.8. The molecule has 3 heterocycles. The van der Waals surface area contributed by atoms with E-state index in [9.17, 15) is 0 Å². The van der Waals surface area contributed by atoms with Gasteiger partial charge in [-0.25, -0.2) is 0 Å². The molecule has 7 aromatic carbocycles. The van der Waals surface area contributed by atoms with Crippen molar-refractivity contribution in [3.05, 3.63) is 164 Å². The molecule has 0 atom stereocenters. The van der Waals surface area contributed by atoms with Crippen molar-refractivity contribution in [1.82, 2.24) is 4.57 Å². The fourth-order valence-electron chi connectivity index (χ4n) is 7.25. The van der Waals surface area contributed by atoms with Gasteiger partial charge in [-0.2, -0.15) is 0 Å². The third kappa shape index (κ3) is 3.93. The molecule has 3 nitrogen and oxygen atoms in total. The van der Waals surface area contributed by atoms with Crippen molar-refractivity contribution >= 4 is 54.9 Å². The summed E-state index contributed by atoms with van der Waals surface area (Å²) in [5, 5.41) is 4.44. The summed E-state index contributed by atoms with van der Waals surface area (Å²) in [7, 11) is 0. The first-order valence-electron chi connectivity index (χ1n) is 15.9. The van der Waals surface area contributed by atoms with Crippen molar-refractivity contribution in [1.29, 1.82) is 0 Å². The molecule has 0 unspecified atom stereocenters. The lowest BCUT2D eigenvalue weighted by molar-refractivity contribution is 0.670. The van der Waals surface area contributed by atoms with Crippen LogP contribution in [0.2, 0.25) is 0 Å². The fraction of sp³-hybridized carbons (Fsp3) is 0. The summed E-state index contributed by atoms with van der Waals surface area (Å²) < 4.78 is 15.7. The number of hydrogen-bond acceptors (Lipinski definition) is 2.